The third kappa shape index (κ3) is 4.19. The zero-order valence-corrected chi connectivity index (χ0v) is 15.3. The molecule has 2 fully saturated rings. The fraction of sp³-hybridized carbons (Fsp3) is 0.471. The molecule has 1 aliphatic carbocycles. The number of aromatic nitrogens is 1. The topological polar surface area (TPSA) is 118 Å². The van der Waals surface area contributed by atoms with Gasteiger partial charge in [-0.05, 0) is 25.0 Å². The molecule has 4 amide bonds. The number of amides is 4. The minimum Gasteiger partial charge on any atom is -0.456 e. The molecule has 1 aliphatic heterocycles. The first-order valence-corrected chi connectivity index (χ1v) is 8.99. The second-order valence-electron chi connectivity index (χ2n) is 6.48. The zero-order valence-electron chi connectivity index (χ0n) is 14.5. The summed E-state index contributed by atoms with van der Waals surface area (Å²) in [6, 6.07) is 2.67. The summed E-state index contributed by atoms with van der Waals surface area (Å²) in [4.78, 5) is 53.0. The van der Waals surface area contributed by atoms with Crippen LogP contribution in [0.15, 0.2) is 18.3 Å². The Morgan fingerprint density at radius 3 is 2.78 bits per heavy atom. The van der Waals surface area contributed by atoms with Gasteiger partial charge in [-0.3, -0.25) is 19.3 Å². The van der Waals surface area contributed by atoms with E-state index in [2.05, 4.69) is 15.6 Å². The first-order chi connectivity index (χ1) is 12.9. The smallest absolute Gasteiger partial charge is 0.325 e. The summed E-state index contributed by atoms with van der Waals surface area (Å²) < 4.78 is 4.88. The molecule has 1 aromatic heterocycles. The Balaban J connectivity index is 1.43. The van der Waals surface area contributed by atoms with Gasteiger partial charge in [-0.2, -0.15) is 0 Å². The number of hydrogen-bond donors (Lipinski definition) is 2. The molecule has 2 N–H and O–H groups in total. The maximum Gasteiger partial charge on any atom is 0.325 e. The molecule has 3 rings (SSSR count). The lowest BCUT2D eigenvalue weighted by Gasteiger charge is -2.19. The number of urea groups is 1. The number of nitrogens with zero attached hydrogens (tertiary/aromatic N) is 2. The van der Waals surface area contributed by atoms with E-state index in [9.17, 15) is 19.2 Å². The van der Waals surface area contributed by atoms with Gasteiger partial charge < -0.3 is 15.4 Å². The van der Waals surface area contributed by atoms with Gasteiger partial charge in [0, 0.05) is 12.7 Å². The van der Waals surface area contributed by atoms with Crippen molar-refractivity contribution in [3.05, 3.63) is 23.5 Å². The predicted molar refractivity (Wildman–Crippen MR) is 94.9 cm³/mol. The number of imide groups is 1. The Morgan fingerprint density at radius 1 is 1.33 bits per heavy atom. The summed E-state index contributed by atoms with van der Waals surface area (Å²) in [6.45, 7) is -0.588. The number of anilines is 1. The number of hydrogen-bond acceptors (Lipinski definition) is 6. The first kappa shape index (κ1) is 19.1. The van der Waals surface area contributed by atoms with Crippen LogP contribution in [0.2, 0.25) is 5.15 Å². The molecule has 1 aromatic rings. The maximum atomic E-state index is 12.5. The lowest BCUT2D eigenvalue weighted by Crippen LogP contribution is -2.44. The van der Waals surface area contributed by atoms with Crippen LogP contribution in [-0.4, -0.2) is 52.4 Å². The van der Waals surface area contributed by atoms with Crippen LogP contribution < -0.4 is 10.6 Å². The molecule has 9 nitrogen and oxygen atoms in total. The number of carbonyl (C=O) groups excluding carboxylic acids is 4. The number of pyridine rings is 1. The Kier molecular flexibility index (Phi) is 5.59. The van der Waals surface area contributed by atoms with Crippen LogP contribution in [0.25, 0.3) is 0 Å². The zero-order chi connectivity index (χ0) is 19.4. The molecular formula is C17H19ClN4O5. The molecule has 10 heteroatoms. The molecule has 27 heavy (non-hydrogen) atoms. The average Bonchev–Trinajstić information content (AvgIpc) is 3.19. The summed E-state index contributed by atoms with van der Waals surface area (Å²) in [5, 5.41) is 5.33. The predicted octanol–water partition coefficient (Wildman–Crippen LogP) is 1.47. The second-order valence-corrected chi connectivity index (χ2v) is 6.83. The molecule has 2 aliphatic rings. The highest BCUT2D eigenvalue weighted by Crippen LogP contribution is 2.35. The molecule has 0 radical (unpaired) electrons. The van der Waals surface area contributed by atoms with Crippen LogP contribution in [0, 0.1) is 0 Å². The van der Waals surface area contributed by atoms with Crippen LogP contribution in [0.1, 0.15) is 32.1 Å². The minimum absolute atomic E-state index is 0.0820. The molecule has 1 saturated heterocycles. The highest BCUT2D eigenvalue weighted by Gasteiger charge is 2.52. The van der Waals surface area contributed by atoms with Crippen molar-refractivity contribution in [2.45, 2.75) is 37.6 Å². The molecule has 1 saturated carbocycles. The van der Waals surface area contributed by atoms with E-state index in [0.717, 1.165) is 17.7 Å². The highest BCUT2D eigenvalue weighted by molar-refractivity contribution is 6.32. The molecule has 0 atom stereocenters. The van der Waals surface area contributed by atoms with Crippen molar-refractivity contribution < 1.29 is 23.9 Å². The fourth-order valence-electron chi connectivity index (χ4n) is 3.28. The van der Waals surface area contributed by atoms with Gasteiger partial charge in [0.05, 0.1) is 12.1 Å². The molecular weight excluding hydrogens is 376 g/mol. The number of ether oxygens (including phenoxy) is 1. The van der Waals surface area contributed by atoms with Crippen molar-refractivity contribution in [3.8, 4) is 0 Å². The standard InChI is InChI=1S/C17H19ClN4O5/c18-14-11(4-3-8-19-14)20-12(23)10-27-13(24)5-9-22-15(25)17(21-16(22)26)6-1-2-7-17/h3-4,8H,1-2,5-7,9-10H2,(H,20,23)(H,21,26). The van der Waals surface area contributed by atoms with Crippen molar-refractivity contribution >= 4 is 41.1 Å². The monoisotopic (exact) mass is 394 g/mol. The second kappa shape index (κ2) is 7.91. The number of esters is 1. The van der Waals surface area contributed by atoms with Crippen LogP contribution in [0.3, 0.4) is 0 Å². The van der Waals surface area contributed by atoms with Gasteiger partial charge in [0.2, 0.25) is 0 Å². The van der Waals surface area contributed by atoms with Crippen molar-refractivity contribution in [3.63, 3.8) is 0 Å². The quantitative estimate of drug-likeness (QED) is 0.428. The maximum absolute atomic E-state index is 12.5. The van der Waals surface area contributed by atoms with E-state index in [1.54, 1.807) is 12.1 Å². The Morgan fingerprint density at radius 2 is 2.07 bits per heavy atom. The van der Waals surface area contributed by atoms with Crippen molar-refractivity contribution in [2.24, 2.45) is 0 Å². The number of nitrogens with one attached hydrogen (secondary N) is 2. The summed E-state index contributed by atoms with van der Waals surface area (Å²) >= 11 is 5.82. The van der Waals surface area contributed by atoms with E-state index in [4.69, 9.17) is 16.3 Å². The van der Waals surface area contributed by atoms with E-state index < -0.39 is 30.1 Å². The summed E-state index contributed by atoms with van der Waals surface area (Å²) in [5.74, 6) is -1.55. The van der Waals surface area contributed by atoms with Gasteiger partial charge in [-0.25, -0.2) is 9.78 Å². The van der Waals surface area contributed by atoms with E-state index in [1.807, 2.05) is 0 Å². The molecule has 0 unspecified atom stereocenters. The minimum atomic E-state index is -0.802. The third-order valence-electron chi connectivity index (χ3n) is 4.64. The Hall–Kier alpha value is -2.68. The van der Waals surface area contributed by atoms with Crippen molar-refractivity contribution in [2.75, 3.05) is 18.5 Å². The molecule has 0 aromatic carbocycles. The number of carbonyl (C=O) groups is 4. The lowest BCUT2D eigenvalue weighted by molar-refractivity contribution is -0.147. The molecule has 1 spiro atoms. The number of rotatable bonds is 6. The van der Waals surface area contributed by atoms with E-state index in [0.29, 0.717) is 18.5 Å². The molecule has 144 valence electrons. The normalized spacial score (nSPS) is 17.9. The highest BCUT2D eigenvalue weighted by atomic mass is 35.5. The van der Waals surface area contributed by atoms with E-state index in [-0.39, 0.29) is 24.0 Å². The Labute approximate surface area is 160 Å². The SMILES string of the molecule is O=C(COC(=O)CCN1C(=O)NC2(CCCC2)C1=O)Nc1cccnc1Cl. The summed E-state index contributed by atoms with van der Waals surface area (Å²) in [6.07, 6.45) is 4.31. The van der Waals surface area contributed by atoms with Crippen molar-refractivity contribution in [1.29, 1.82) is 0 Å². The van der Waals surface area contributed by atoms with Gasteiger partial charge in [0.1, 0.15) is 5.54 Å². The third-order valence-corrected chi connectivity index (χ3v) is 4.94. The van der Waals surface area contributed by atoms with Gasteiger partial charge >= 0.3 is 12.0 Å². The van der Waals surface area contributed by atoms with Gasteiger partial charge in [0.25, 0.3) is 11.8 Å². The van der Waals surface area contributed by atoms with Crippen LogP contribution in [-0.2, 0) is 19.1 Å². The van der Waals surface area contributed by atoms with E-state index in [1.165, 1.54) is 6.20 Å². The van der Waals surface area contributed by atoms with Gasteiger partial charge in [-0.1, -0.05) is 24.4 Å². The number of halogens is 1. The molecule has 0 bridgehead atoms. The van der Waals surface area contributed by atoms with Crippen LogP contribution in [0.4, 0.5) is 10.5 Å². The Bertz CT molecular complexity index is 778. The van der Waals surface area contributed by atoms with Gasteiger partial charge in [-0.15, -0.1) is 0 Å². The fourth-order valence-corrected chi connectivity index (χ4v) is 3.45. The molecule has 2 heterocycles. The lowest BCUT2D eigenvalue weighted by atomic mass is 9.98. The average molecular weight is 395 g/mol. The summed E-state index contributed by atoms with van der Waals surface area (Å²) in [5.41, 5.74) is -0.495. The van der Waals surface area contributed by atoms with Crippen LogP contribution in [0.5, 0.6) is 0 Å². The van der Waals surface area contributed by atoms with Crippen molar-refractivity contribution in [1.82, 2.24) is 15.2 Å². The van der Waals surface area contributed by atoms with Gasteiger partial charge in [0.15, 0.2) is 11.8 Å². The largest absolute Gasteiger partial charge is 0.456 e. The first-order valence-electron chi connectivity index (χ1n) is 8.61. The van der Waals surface area contributed by atoms with Crippen LogP contribution >= 0.6 is 11.6 Å². The van der Waals surface area contributed by atoms with E-state index >= 15 is 0 Å². The summed E-state index contributed by atoms with van der Waals surface area (Å²) in [7, 11) is 0.